The summed E-state index contributed by atoms with van der Waals surface area (Å²) in [6.07, 6.45) is 0. The van der Waals surface area contributed by atoms with E-state index < -0.39 is 0 Å². The van der Waals surface area contributed by atoms with Crippen LogP contribution in [0.5, 0.6) is 0 Å². The third kappa shape index (κ3) is 2.44. The van der Waals surface area contributed by atoms with Crippen molar-refractivity contribution < 1.29 is 9.18 Å². The molecule has 0 spiro atoms. The largest absolute Gasteiger partial charge is 0.308 e. The van der Waals surface area contributed by atoms with E-state index in [1.165, 1.54) is 12.1 Å². The molecule has 0 N–H and O–H groups in total. The zero-order valence-corrected chi connectivity index (χ0v) is 12.2. The molecular formula is C18H18FNO. The molecule has 0 saturated heterocycles. The van der Waals surface area contributed by atoms with Crippen molar-refractivity contribution in [3.05, 3.63) is 65.5 Å². The normalized spacial score (nSPS) is 18.0. The summed E-state index contributed by atoms with van der Waals surface area (Å²) < 4.78 is 13.5. The number of nitrogens with zero attached hydrogens (tertiary/aromatic N) is 1. The second kappa shape index (κ2) is 5.32. The minimum Gasteiger partial charge on any atom is -0.308 e. The highest BCUT2D eigenvalue weighted by molar-refractivity contribution is 6.08. The molecule has 3 rings (SSSR count). The Labute approximate surface area is 124 Å². The summed E-state index contributed by atoms with van der Waals surface area (Å²) in [5.41, 5.74) is 2.46. The maximum absolute atomic E-state index is 13.5. The molecule has 21 heavy (non-hydrogen) atoms. The first-order chi connectivity index (χ1) is 10.1. The molecule has 3 heteroatoms. The maximum atomic E-state index is 13.5. The van der Waals surface area contributed by atoms with Crippen molar-refractivity contribution in [3.8, 4) is 0 Å². The lowest BCUT2D eigenvalue weighted by atomic mass is 9.82. The molecule has 1 amide bonds. The van der Waals surface area contributed by atoms with Crippen LogP contribution in [0.25, 0.3) is 0 Å². The first-order valence-electron chi connectivity index (χ1n) is 7.24. The van der Waals surface area contributed by atoms with Crippen LogP contribution in [0.15, 0.2) is 48.5 Å². The summed E-state index contributed by atoms with van der Waals surface area (Å²) in [6.45, 7) is 4.90. The molecule has 0 aromatic heterocycles. The second-order valence-corrected chi connectivity index (χ2v) is 5.83. The first kappa shape index (κ1) is 13.8. The quantitative estimate of drug-likeness (QED) is 0.808. The van der Waals surface area contributed by atoms with Crippen LogP contribution in [0.1, 0.15) is 35.7 Å². The van der Waals surface area contributed by atoms with Gasteiger partial charge in [-0.3, -0.25) is 4.79 Å². The number of benzene rings is 2. The minimum absolute atomic E-state index is 0.0481. The second-order valence-electron chi connectivity index (χ2n) is 5.83. The molecule has 1 aliphatic rings. The van der Waals surface area contributed by atoms with Crippen molar-refractivity contribution in [1.29, 1.82) is 0 Å². The van der Waals surface area contributed by atoms with E-state index in [9.17, 15) is 9.18 Å². The zero-order chi connectivity index (χ0) is 15.0. The van der Waals surface area contributed by atoms with E-state index in [-0.39, 0.29) is 17.6 Å². The minimum atomic E-state index is -0.319. The molecule has 0 bridgehead atoms. The fourth-order valence-corrected chi connectivity index (χ4v) is 2.98. The summed E-state index contributed by atoms with van der Waals surface area (Å²) in [5, 5.41) is 0. The molecule has 1 heterocycles. The number of hydrogen-bond donors (Lipinski definition) is 0. The number of carbonyl (C=O) groups excluding carboxylic acids is 1. The Morgan fingerprint density at radius 1 is 1.14 bits per heavy atom. The summed E-state index contributed by atoms with van der Waals surface area (Å²) in [5.74, 6) is 0.311. The number of rotatable bonds is 2. The molecular weight excluding hydrogens is 265 g/mol. The highest BCUT2D eigenvalue weighted by atomic mass is 19.1. The van der Waals surface area contributed by atoms with Crippen LogP contribution in [-0.4, -0.2) is 12.5 Å². The predicted octanol–water partition coefficient (Wildman–Crippen LogP) is 4.23. The molecule has 1 aliphatic heterocycles. The summed E-state index contributed by atoms with van der Waals surface area (Å²) in [7, 11) is 0. The summed E-state index contributed by atoms with van der Waals surface area (Å²) in [6, 6.07) is 14.0. The molecule has 0 aliphatic carbocycles. The van der Waals surface area contributed by atoms with Crippen molar-refractivity contribution in [2.24, 2.45) is 5.92 Å². The Bertz CT molecular complexity index is 680. The van der Waals surface area contributed by atoms with Crippen LogP contribution in [0.3, 0.4) is 0 Å². The Balaban J connectivity index is 2.08. The van der Waals surface area contributed by atoms with E-state index in [1.54, 1.807) is 17.0 Å². The fraction of sp³-hybridized carbons (Fsp3) is 0.278. The Morgan fingerprint density at radius 2 is 1.90 bits per heavy atom. The monoisotopic (exact) mass is 283 g/mol. The standard InChI is InChI=1S/C18H18FNO/c1-12(2)17-11-20(14-7-5-6-13(19)10-14)18(21)16-9-4-3-8-15(16)17/h3-10,12,17H,11H2,1-2H3. The molecule has 2 nitrogen and oxygen atoms in total. The van der Waals surface area contributed by atoms with Crippen molar-refractivity contribution >= 4 is 11.6 Å². The number of amides is 1. The van der Waals surface area contributed by atoms with E-state index in [0.29, 0.717) is 18.2 Å². The third-order valence-electron chi connectivity index (χ3n) is 4.14. The number of fused-ring (bicyclic) bond motifs is 1. The van der Waals surface area contributed by atoms with Crippen LogP contribution >= 0.6 is 0 Å². The van der Waals surface area contributed by atoms with Crippen LogP contribution in [0.4, 0.5) is 10.1 Å². The molecule has 0 radical (unpaired) electrons. The molecule has 0 fully saturated rings. The van der Waals surface area contributed by atoms with Gasteiger partial charge in [0.05, 0.1) is 0 Å². The van der Waals surface area contributed by atoms with E-state index >= 15 is 0 Å². The van der Waals surface area contributed by atoms with Gasteiger partial charge in [-0.15, -0.1) is 0 Å². The van der Waals surface area contributed by atoms with Gasteiger partial charge < -0.3 is 4.90 Å². The van der Waals surface area contributed by atoms with E-state index in [0.717, 1.165) is 11.1 Å². The van der Waals surface area contributed by atoms with Gasteiger partial charge in [-0.05, 0) is 35.7 Å². The highest BCUT2D eigenvalue weighted by Crippen LogP contribution is 2.35. The molecule has 2 aromatic rings. The third-order valence-corrected chi connectivity index (χ3v) is 4.14. The SMILES string of the molecule is CC(C)C1CN(c2cccc(F)c2)C(=O)c2ccccc21. The predicted molar refractivity (Wildman–Crippen MR) is 82.1 cm³/mol. The topological polar surface area (TPSA) is 20.3 Å². The van der Waals surface area contributed by atoms with Gasteiger partial charge in [0.25, 0.3) is 5.91 Å². The van der Waals surface area contributed by atoms with Crippen LogP contribution in [0, 0.1) is 11.7 Å². The van der Waals surface area contributed by atoms with Gasteiger partial charge in [0.1, 0.15) is 5.82 Å². The van der Waals surface area contributed by atoms with Gasteiger partial charge in [-0.2, -0.15) is 0 Å². The van der Waals surface area contributed by atoms with Gasteiger partial charge in [-0.25, -0.2) is 4.39 Å². The van der Waals surface area contributed by atoms with Crippen molar-refractivity contribution in [3.63, 3.8) is 0 Å². The lowest BCUT2D eigenvalue weighted by Crippen LogP contribution is -2.41. The number of anilines is 1. The molecule has 1 atom stereocenters. The molecule has 108 valence electrons. The Hall–Kier alpha value is -2.16. The first-order valence-corrected chi connectivity index (χ1v) is 7.24. The average molecular weight is 283 g/mol. The number of halogens is 1. The van der Waals surface area contributed by atoms with E-state index in [1.807, 2.05) is 24.3 Å². The molecule has 0 saturated carbocycles. The van der Waals surface area contributed by atoms with Gasteiger partial charge in [0.2, 0.25) is 0 Å². The van der Waals surface area contributed by atoms with Crippen molar-refractivity contribution in [2.75, 3.05) is 11.4 Å². The summed E-state index contributed by atoms with van der Waals surface area (Å²) >= 11 is 0. The smallest absolute Gasteiger partial charge is 0.258 e. The van der Waals surface area contributed by atoms with Crippen molar-refractivity contribution in [1.82, 2.24) is 0 Å². The lowest BCUT2D eigenvalue weighted by Gasteiger charge is -2.36. The Morgan fingerprint density at radius 3 is 2.62 bits per heavy atom. The van der Waals surface area contributed by atoms with Crippen LogP contribution in [0.2, 0.25) is 0 Å². The van der Waals surface area contributed by atoms with Gasteiger partial charge in [-0.1, -0.05) is 38.1 Å². The zero-order valence-electron chi connectivity index (χ0n) is 12.2. The molecule has 1 unspecified atom stereocenters. The van der Waals surface area contributed by atoms with E-state index in [2.05, 4.69) is 13.8 Å². The van der Waals surface area contributed by atoms with Gasteiger partial charge in [0.15, 0.2) is 0 Å². The highest BCUT2D eigenvalue weighted by Gasteiger charge is 2.33. The van der Waals surface area contributed by atoms with Gasteiger partial charge >= 0.3 is 0 Å². The maximum Gasteiger partial charge on any atom is 0.258 e. The van der Waals surface area contributed by atoms with Crippen LogP contribution in [-0.2, 0) is 0 Å². The number of hydrogen-bond acceptors (Lipinski definition) is 1. The summed E-state index contributed by atoms with van der Waals surface area (Å²) in [4.78, 5) is 14.4. The Kier molecular flexibility index (Phi) is 3.50. The van der Waals surface area contributed by atoms with Crippen LogP contribution < -0.4 is 4.90 Å². The number of carbonyl (C=O) groups is 1. The molecule has 2 aromatic carbocycles. The van der Waals surface area contributed by atoms with Crippen molar-refractivity contribution in [2.45, 2.75) is 19.8 Å². The van der Waals surface area contributed by atoms with Gasteiger partial charge in [0, 0.05) is 23.7 Å². The fourth-order valence-electron chi connectivity index (χ4n) is 2.98. The lowest BCUT2D eigenvalue weighted by molar-refractivity contribution is 0.0973. The average Bonchev–Trinajstić information content (AvgIpc) is 2.47. The van der Waals surface area contributed by atoms with E-state index in [4.69, 9.17) is 0 Å².